The fourth-order valence-electron chi connectivity index (χ4n) is 1.12. The second-order valence-corrected chi connectivity index (χ2v) is 3.35. The minimum absolute atomic E-state index is 0.181. The van der Waals surface area contributed by atoms with Crippen molar-refractivity contribution in [1.82, 2.24) is 10.3 Å². The monoisotopic (exact) mass is 245 g/mol. The molecule has 4 N–H and O–H groups in total. The molecule has 0 fully saturated rings. The molecular weight excluding hydrogens is 232 g/mol. The van der Waals surface area contributed by atoms with Crippen LogP contribution in [0.3, 0.4) is 0 Å². The van der Waals surface area contributed by atoms with Crippen molar-refractivity contribution < 1.29 is 18.7 Å². The number of nitrogens with zero attached hydrogens (tertiary/aromatic N) is 1. The standard InChI is InChI=1S/C10H13F2N3O2/c11-9(12)8(16)5-15-10(17)6-1-2-14-7(3-6)4-13/h1-3,8-9,16H,4-5,13H2,(H,15,17). The lowest BCUT2D eigenvalue weighted by atomic mass is 10.2. The van der Waals surface area contributed by atoms with Gasteiger partial charge in [0.05, 0.1) is 5.69 Å². The van der Waals surface area contributed by atoms with Gasteiger partial charge in [0.2, 0.25) is 0 Å². The number of pyridine rings is 1. The topological polar surface area (TPSA) is 88.2 Å². The smallest absolute Gasteiger partial charge is 0.265 e. The number of carbonyl (C=O) groups is 1. The van der Waals surface area contributed by atoms with E-state index >= 15 is 0 Å². The molecule has 0 saturated heterocycles. The summed E-state index contributed by atoms with van der Waals surface area (Å²) in [6, 6.07) is 2.90. The predicted molar refractivity (Wildman–Crippen MR) is 56.5 cm³/mol. The minimum atomic E-state index is -2.88. The summed E-state index contributed by atoms with van der Waals surface area (Å²) in [5, 5.41) is 11.0. The van der Waals surface area contributed by atoms with Gasteiger partial charge in [-0.3, -0.25) is 9.78 Å². The van der Waals surface area contributed by atoms with Crippen LogP contribution in [0.2, 0.25) is 0 Å². The Labute approximate surface area is 96.7 Å². The molecule has 94 valence electrons. The lowest BCUT2D eigenvalue weighted by Gasteiger charge is -2.10. The van der Waals surface area contributed by atoms with Gasteiger partial charge in [-0.15, -0.1) is 0 Å². The number of hydrogen-bond acceptors (Lipinski definition) is 4. The number of rotatable bonds is 5. The van der Waals surface area contributed by atoms with Gasteiger partial charge in [-0.05, 0) is 12.1 Å². The first-order valence-corrected chi connectivity index (χ1v) is 4.94. The third-order valence-corrected chi connectivity index (χ3v) is 2.05. The van der Waals surface area contributed by atoms with Crippen molar-refractivity contribution in [2.45, 2.75) is 19.1 Å². The van der Waals surface area contributed by atoms with Gasteiger partial charge in [0.1, 0.15) is 6.10 Å². The van der Waals surface area contributed by atoms with E-state index in [0.717, 1.165) is 0 Å². The van der Waals surface area contributed by atoms with Crippen LogP contribution in [0.4, 0.5) is 8.78 Å². The number of aromatic nitrogens is 1. The first-order chi connectivity index (χ1) is 8.04. The van der Waals surface area contributed by atoms with E-state index in [4.69, 9.17) is 10.8 Å². The van der Waals surface area contributed by atoms with E-state index in [9.17, 15) is 13.6 Å². The summed E-state index contributed by atoms with van der Waals surface area (Å²) >= 11 is 0. The second kappa shape index (κ2) is 6.21. The Balaban J connectivity index is 2.57. The summed E-state index contributed by atoms with van der Waals surface area (Å²) in [4.78, 5) is 15.4. The van der Waals surface area contributed by atoms with Crippen molar-refractivity contribution in [2.75, 3.05) is 6.54 Å². The van der Waals surface area contributed by atoms with Crippen LogP contribution in [0, 0.1) is 0 Å². The van der Waals surface area contributed by atoms with Gasteiger partial charge < -0.3 is 16.2 Å². The molecule has 0 aliphatic heterocycles. The fraction of sp³-hybridized carbons (Fsp3) is 0.400. The van der Waals surface area contributed by atoms with Crippen LogP contribution < -0.4 is 11.1 Å². The minimum Gasteiger partial charge on any atom is -0.385 e. The highest BCUT2D eigenvalue weighted by Crippen LogP contribution is 2.02. The highest BCUT2D eigenvalue weighted by Gasteiger charge is 2.17. The molecule has 0 aliphatic rings. The Kier molecular flexibility index (Phi) is 4.92. The summed E-state index contributed by atoms with van der Waals surface area (Å²) < 4.78 is 23.9. The highest BCUT2D eigenvalue weighted by atomic mass is 19.3. The van der Waals surface area contributed by atoms with Gasteiger partial charge in [0.25, 0.3) is 12.3 Å². The normalized spacial score (nSPS) is 12.5. The Morgan fingerprint density at radius 2 is 2.29 bits per heavy atom. The zero-order valence-electron chi connectivity index (χ0n) is 8.94. The molecule has 1 aromatic rings. The molecule has 0 bridgehead atoms. The summed E-state index contributed by atoms with van der Waals surface area (Å²) in [7, 11) is 0. The number of nitrogens with one attached hydrogen (secondary N) is 1. The average molecular weight is 245 g/mol. The summed E-state index contributed by atoms with van der Waals surface area (Å²) in [6.07, 6.45) is -3.34. The van der Waals surface area contributed by atoms with Gasteiger partial charge in [-0.1, -0.05) is 0 Å². The van der Waals surface area contributed by atoms with Crippen molar-refractivity contribution in [3.8, 4) is 0 Å². The molecular formula is C10H13F2N3O2. The highest BCUT2D eigenvalue weighted by molar-refractivity contribution is 5.94. The molecule has 1 atom stereocenters. The first kappa shape index (κ1) is 13.5. The van der Waals surface area contributed by atoms with Crippen molar-refractivity contribution in [1.29, 1.82) is 0 Å². The van der Waals surface area contributed by atoms with Crippen molar-refractivity contribution in [3.63, 3.8) is 0 Å². The largest absolute Gasteiger partial charge is 0.385 e. The quantitative estimate of drug-likeness (QED) is 0.675. The molecule has 0 aromatic carbocycles. The molecule has 1 aromatic heterocycles. The average Bonchev–Trinajstić information content (AvgIpc) is 2.35. The Hall–Kier alpha value is -1.60. The molecule has 1 rings (SSSR count). The maximum absolute atomic E-state index is 12.0. The Bertz CT molecular complexity index is 388. The lowest BCUT2D eigenvalue weighted by molar-refractivity contribution is -0.00270. The second-order valence-electron chi connectivity index (χ2n) is 3.35. The van der Waals surface area contributed by atoms with E-state index in [1.807, 2.05) is 0 Å². The Morgan fingerprint density at radius 1 is 1.59 bits per heavy atom. The molecule has 0 spiro atoms. The Morgan fingerprint density at radius 3 is 2.88 bits per heavy atom. The first-order valence-electron chi connectivity index (χ1n) is 4.94. The SMILES string of the molecule is NCc1cc(C(=O)NCC(O)C(F)F)ccn1. The summed E-state index contributed by atoms with van der Waals surface area (Å²) in [6.45, 7) is -0.322. The zero-order chi connectivity index (χ0) is 12.8. The number of amides is 1. The predicted octanol–water partition coefficient (Wildman–Crippen LogP) is -0.104. The van der Waals surface area contributed by atoms with E-state index in [2.05, 4.69) is 10.3 Å². The third-order valence-electron chi connectivity index (χ3n) is 2.05. The van der Waals surface area contributed by atoms with Crippen LogP contribution in [0.5, 0.6) is 0 Å². The number of aliphatic hydroxyl groups excluding tert-OH is 1. The molecule has 7 heteroatoms. The van der Waals surface area contributed by atoms with E-state index in [0.29, 0.717) is 5.69 Å². The van der Waals surface area contributed by atoms with Crippen LogP contribution in [0.25, 0.3) is 0 Å². The van der Waals surface area contributed by atoms with Gasteiger partial charge >= 0.3 is 0 Å². The van der Waals surface area contributed by atoms with Crippen LogP contribution >= 0.6 is 0 Å². The number of aliphatic hydroxyl groups is 1. The van der Waals surface area contributed by atoms with Crippen molar-refractivity contribution in [3.05, 3.63) is 29.6 Å². The van der Waals surface area contributed by atoms with Gasteiger partial charge in [-0.2, -0.15) is 0 Å². The lowest BCUT2D eigenvalue weighted by Crippen LogP contribution is -2.35. The number of hydrogen-bond donors (Lipinski definition) is 3. The maximum atomic E-state index is 12.0. The van der Waals surface area contributed by atoms with Crippen LogP contribution in [0.1, 0.15) is 16.1 Å². The summed E-state index contributed by atoms with van der Waals surface area (Å²) in [5.74, 6) is -0.554. The van der Waals surface area contributed by atoms with Crippen molar-refractivity contribution in [2.24, 2.45) is 5.73 Å². The van der Waals surface area contributed by atoms with Crippen LogP contribution in [-0.4, -0.2) is 35.1 Å². The molecule has 0 saturated carbocycles. The molecule has 5 nitrogen and oxygen atoms in total. The fourth-order valence-corrected chi connectivity index (χ4v) is 1.12. The molecule has 0 radical (unpaired) electrons. The van der Waals surface area contributed by atoms with Gasteiger partial charge in [-0.25, -0.2) is 8.78 Å². The number of halogens is 2. The zero-order valence-corrected chi connectivity index (χ0v) is 8.94. The molecule has 1 amide bonds. The van der Waals surface area contributed by atoms with Gasteiger partial charge in [0.15, 0.2) is 0 Å². The van der Waals surface area contributed by atoms with E-state index in [1.165, 1.54) is 18.3 Å². The molecule has 17 heavy (non-hydrogen) atoms. The third kappa shape index (κ3) is 4.04. The van der Waals surface area contributed by atoms with E-state index < -0.39 is 25.0 Å². The molecule has 1 unspecified atom stereocenters. The molecule has 1 heterocycles. The van der Waals surface area contributed by atoms with E-state index in [-0.39, 0.29) is 12.1 Å². The summed E-state index contributed by atoms with van der Waals surface area (Å²) in [5.41, 5.74) is 6.13. The van der Waals surface area contributed by atoms with Crippen LogP contribution in [-0.2, 0) is 6.54 Å². The van der Waals surface area contributed by atoms with Gasteiger partial charge in [0, 0.05) is 24.8 Å². The number of nitrogens with two attached hydrogens (primary N) is 1. The number of alkyl halides is 2. The molecule has 0 aliphatic carbocycles. The van der Waals surface area contributed by atoms with Crippen molar-refractivity contribution >= 4 is 5.91 Å². The van der Waals surface area contributed by atoms with Crippen LogP contribution in [0.15, 0.2) is 18.3 Å². The maximum Gasteiger partial charge on any atom is 0.265 e. The number of carbonyl (C=O) groups excluding carboxylic acids is 1. The van der Waals surface area contributed by atoms with E-state index in [1.54, 1.807) is 0 Å².